The average molecular weight is 411 g/mol. The molecule has 0 fully saturated rings. The van der Waals surface area contributed by atoms with E-state index < -0.39 is 55.0 Å². The molecule has 7 nitrogen and oxygen atoms in total. The summed E-state index contributed by atoms with van der Waals surface area (Å²) in [5.74, 6) is -2.40. The number of alkyl halides is 1. The topological polar surface area (TPSA) is 94.5 Å². The van der Waals surface area contributed by atoms with Gasteiger partial charge in [-0.05, 0) is 37.4 Å². The number of aromatic nitrogens is 1. The van der Waals surface area contributed by atoms with E-state index in [2.05, 4.69) is 5.32 Å². The second-order valence-corrected chi connectivity index (χ2v) is 6.88. The summed E-state index contributed by atoms with van der Waals surface area (Å²) >= 11 is 5.91. The first kappa shape index (κ1) is 21.6. The van der Waals surface area contributed by atoms with Gasteiger partial charge in [0.05, 0.1) is 12.5 Å². The van der Waals surface area contributed by atoms with Gasteiger partial charge in [0.25, 0.3) is 5.56 Å². The third kappa shape index (κ3) is 5.63. The fourth-order valence-corrected chi connectivity index (χ4v) is 2.76. The molecule has 150 valence electrons. The van der Waals surface area contributed by atoms with Crippen LogP contribution in [0.3, 0.4) is 0 Å². The van der Waals surface area contributed by atoms with E-state index >= 15 is 0 Å². The maximum absolute atomic E-state index is 12.8. The molecule has 0 aliphatic carbocycles. The van der Waals surface area contributed by atoms with E-state index in [-0.39, 0.29) is 0 Å². The van der Waals surface area contributed by atoms with Gasteiger partial charge in [-0.2, -0.15) is 0 Å². The number of hydrogen-bond donors (Lipinski definition) is 1. The lowest BCUT2D eigenvalue weighted by atomic mass is 10.1. The van der Waals surface area contributed by atoms with Crippen LogP contribution in [0, 0.1) is 0 Å². The van der Waals surface area contributed by atoms with Gasteiger partial charge in [0, 0.05) is 16.6 Å². The highest BCUT2D eigenvalue weighted by Crippen LogP contribution is 2.15. The third-order valence-corrected chi connectivity index (χ3v) is 4.08. The Hall–Kier alpha value is -2.74. The molecule has 1 heterocycles. The van der Waals surface area contributed by atoms with Crippen molar-refractivity contribution in [3.05, 3.63) is 45.8 Å². The summed E-state index contributed by atoms with van der Waals surface area (Å²) in [5.41, 5.74) is -0.442. The van der Waals surface area contributed by atoms with Crippen molar-refractivity contribution in [3.63, 3.8) is 0 Å². The zero-order valence-corrected chi connectivity index (χ0v) is 16.2. The number of hydrogen-bond acceptors (Lipinski definition) is 5. The lowest BCUT2D eigenvalue weighted by Gasteiger charge is -2.17. The Morgan fingerprint density at radius 3 is 2.61 bits per heavy atom. The summed E-state index contributed by atoms with van der Waals surface area (Å²) in [6.07, 6.45) is 0.527. The number of benzene rings is 1. The monoisotopic (exact) mass is 410 g/mol. The molecule has 9 heteroatoms. The first-order chi connectivity index (χ1) is 13.2. The van der Waals surface area contributed by atoms with Crippen molar-refractivity contribution in [3.8, 4) is 0 Å². The van der Waals surface area contributed by atoms with Crippen LogP contribution in [0.2, 0.25) is 5.02 Å². The predicted octanol–water partition coefficient (Wildman–Crippen LogP) is 2.02. The Morgan fingerprint density at radius 2 is 1.96 bits per heavy atom. The first-order valence-corrected chi connectivity index (χ1v) is 8.95. The van der Waals surface area contributed by atoms with Gasteiger partial charge in [-0.25, -0.2) is 4.39 Å². The number of halogens is 2. The van der Waals surface area contributed by atoms with Crippen LogP contribution in [0.1, 0.15) is 20.3 Å². The normalized spacial score (nSPS) is 12.0. The summed E-state index contributed by atoms with van der Waals surface area (Å²) in [7, 11) is 0. The van der Waals surface area contributed by atoms with Crippen LogP contribution >= 0.6 is 11.6 Å². The summed E-state index contributed by atoms with van der Waals surface area (Å²) in [4.78, 5) is 48.3. The van der Waals surface area contributed by atoms with E-state index in [0.717, 1.165) is 4.57 Å². The Kier molecular flexibility index (Phi) is 7.28. The van der Waals surface area contributed by atoms with Crippen molar-refractivity contribution >= 4 is 40.0 Å². The fourth-order valence-electron chi connectivity index (χ4n) is 2.59. The molecule has 2 aromatic rings. The molecule has 0 aliphatic rings. The van der Waals surface area contributed by atoms with E-state index in [0.29, 0.717) is 15.8 Å². The SMILES string of the molecule is CC(C)OC(=O)CC(NC(=O)Cn1ccc2ccc(Cl)cc2c1=O)C(=O)CF. The number of carbonyl (C=O) groups is 3. The second-order valence-electron chi connectivity index (χ2n) is 6.44. The number of pyridine rings is 1. The van der Waals surface area contributed by atoms with Gasteiger partial charge in [0.15, 0.2) is 5.78 Å². The Balaban J connectivity index is 2.15. The van der Waals surface area contributed by atoms with Crippen LogP contribution in [0.4, 0.5) is 4.39 Å². The number of amides is 1. The number of ketones is 1. The van der Waals surface area contributed by atoms with E-state index in [9.17, 15) is 23.6 Å². The van der Waals surface area contributed by atoms with Crippen molar-refractivity contribution in [2.45, 2.75) is 39.0 Å². The highest BCUT2D eigenvalue weighted by molar-refractivity contribution is 6.31. The molecular formula is C19H20ClFN2O5. The van der Waals surface area contributed by atoms with E-state index in [1.807, 2.05) is 0 Å². The Labute approximate surface area is 165 Å². The summed E-state index contributed by atoms with van der Waals surface area (Å²) in [5, 5.41) is 3.66. The lowest BCUT2D eigenvalue weighted by molar-refractivity contribution is -0.149. The van der Waals surface area contributed by atoms with Gasteiger partial charge in [-0.15, -0.1) is 0 Å². The minimum atomic E-state index is -1.37. The number of esters is 1. The number of rotatable bonds is 8. The summed E-state index contributed by atoms with van der Waals surface area (Å²) in [6.45, 7) is 1.51. The molecule has 1 aromatic heterocycles. The molecule has 0 radical (unpaired) electrons. The minimum absolute atomic E-state index is 0.333. The van der Waals surface area contributed by atoms with Crippen molar-refractivity contribution in [2.75, 3.05) is 6.67 Å². The van der Waals surface area contributed by atoms with Gasteiger partial charge >= 0.3 is 5.97 Å². The highest BCUT2D eigenvalue weighted by Gasteiger charge is 2.25. The second kappa shape index (κ2) is 9.45. The minimum Gasteiger partial charge on any atom is -0.463 e. The van der Waals surface area contributed by atoms with Gasteiger partial charge in [0.2, 0.25) is 5.91 Å². The molecule has 1 unspecified atom stereocenters. The first-order valence-electron chi connectivity index (χ1n) is 8.57. The summed E-state index contributed by atoms with van der Waals surface area (Å²) in [6, 6.07) is 5.09. The molecule has 0 spiro atoms. The number of carbonyl (C=O) groups excluding carboxylic acids is 3. The van der Waals surface area contributed by atoms with Crippen LogP contribution in [-0.2, 0) is 25.7 Å². The Morgan fingerprint density at radius 1 is 1.25 bits per heavy atom. The van der Waals surface area contributed by atoms with Crippen LogP contribution in [0.15, 0.2) is 35.3 Å². The molecule has 1 amide bonds. The smallest absolute Gasteiger partial charge is 0.308 e. The lowest BCUT2D eigenvalue weighted by Crippen LogP contribution is -2.45. The van der Waals surface area contributed by atoms with Crippen LogP contribution < -0.4 is 10.9 Å². The van der Waals surface area contributed by atoms with Gasteiger partial charge in [-0.3, -0.25) is 19.2 Å². The van der Waals surface area contributed by atoms with Crippen molar-refractivity contribution < 1.29 is 23.5 Å². The molecule has 0 bridgehead atoms. The predicted molar refractivity (Wildman–Crippen MR) is 102 cm³/mol. The number of Topliss-reactive ketones (excluding diaryl/α,β-unsaturated/α-hetero) is 1. The molecular weight excluding hydrogens is 391 g/mol. The molecule has 28 heavy (non-hydrogen) atoms. The van der Waals surface area contributed by atoms with Crippen molar-refractivity contribution in [2.24, 2.45) is 0 Å². The Bertz CT molecular complexity index is 957. The number of nitrogens with zero attached hydrogens (tertiary/aromatic N) is 1. The van der Waals surface area contributed by atoms with Crippen LogP contribution in [0.25, 0.3) is 10.8 Å². The number of nitrogens with one attached hydrogen (secondary N) is 1. The van der Waals surface area contributed by atoms with Crippen molar-refractivity contribution in [1.82, 2.24) is 9.88 Å². The maximum atomic E-state index is 12.8. The zero-order valence-electron chi connectivity index (χ0n) is 15.4. The van der Waals surface area contributed by atoms with Crippen molar-refractivity contribution in [1.29, 1.82) is 0 Å². The van der Waals surface area contributed by atoms with E-state index in [1.54, 1.807) is 32.0 Å². The summed E-state index contributed by atoms with van der Waals surface area (Å²) < 4.78 is 18.8. The molecule has 1 N–H and O–H groups in total. The standard InChI is InChI=1S/C19H20ClFN2O5/c1-11(2)28-18(26)8-15(16(24)9-21)22-17(25)10-23-6-5-12-3-4-13(20)7-14(12)19(23)27/h3-7,11,15H,8-10H2,1-2H3,(H,22,25). The zero-order chi connectivity index (χ0) is 20.8. The molecule has 2 rings (SSSR count). The van der Waals surface area contributed by atoms with Gasteiger partial charge in [-0.1, -0.05) is 17.7 Å². The highest BCUT2D eigenvalue weighted by atomic mass is 35.5. The average Bonchev–Trinajstić information content (AvgIpc) is 2.62. The third-order valence-electron chi connectivity index (χ3n) is 3.85. The van der Waals surface area contributed by atoms with Crippen LogP contribution in [-0.4, -0.2) is 41.0 Å². The number of fused-ring (bicyclic) bond motifs is 1. The van der Waals surface area contributed by atoms with Gasteiger partial charge in [0.1, 0.15) is 19.3 Å². The number of ether oxygens (including phenoxy) is 1. The molecule has 0 saturated heterocycles. The largest absolute Gasteiger partial charge is 0.463 e. The van der Waals surface area contributed by atoms with E-state index in [4.69, 9.17) is 16.3 Å². The molecule has 0 aliphatic heterocycles. The van der Waals surface area contributed by atoms with Gasteiger partial charge < -0.3 is 14.6 Å². The molecule has 0 saturated carbocycles. The molecule has 1 atom stereocenters. The quantitative estimate of drug-likeness (QED) is 0.672. The van der Waals surface area contributed by atoms with E-state index in [1.165, 1.54) is 12.3 Å². The molecule has 1 aromatic carbocycles. The maximum Gasteiger partial charge on any atom is 0.308 e. The van der Waals surface area contributed by atoms with Crippen LogP contribution in [0.5, 0.6) is 0 Å². The fraction of sp³-hybridized carbons (Fsp3) is 0.368.